The second kappa shape index (κ2) is 8.90. The van der Waals surface area contributed by atoms with Crippen molar-refractivity contribution in [2.45, 2.75) is 57.5 Å². The molecule has 1 aromatic heterocycles. The van der Waals surface area contributed by atoms with Crippen LogP contribution in [0.1, 0.15) is 63.4 Å². The smallest absolute Gasteiger partial charge is 0.168 e. The van der Waals surface area contributed by atoms with Crippen molar-refractivity contribution in [1.29, 1.82) is 0 Å². The lowest BCUT2D eigenvalue weighted by atomic mass is 10.1. The van der Waals surface area contributed by atoms with Crippen LogP contribution in [-0.2, 0) is 0 Å². The first-order valence-corrected chi connectivity index (χ1v) is 10.7. The minimum Gasteiger partial charge on any atom is -0.495 e. The fourth-order valence-electron chi connectivity index (χ4n) is 4.74. The molecule has 7 nitrogen and oxygen atoms in total. The highest BCUT2D eigenvalue weighted by Crippen LogP contribution is 2.34. The Labute approximate surface area is 167 Å². The van der Waals surface area contributed by atoms with Gasteiger partial charge in [-0.05, 0) is 41.8 Å². The van der Waals surface area contributed by atoms with Gasteiger partial charge in [-0.15, -0.1) is 5.10 Å². The zero-order valence-corrected chi connectivity index (χ0v) is 17.1. The zero-order chi connectivity index (χ0) is 19.3. The van der Waals surface area contributed by atoms with Gasteiger partial charge in [0.15, 0.2) is 5.82 Å². The molecule has 1 aliphatic carbocycles. The molecule has 2 aromatic rings. The molecule has 1 saturated heterocycles. The Morgan fingerprint density at radius 2 is 1.86 bits per heavy atom. The predicted octanol–water partition coefficient (Wildman–Crippen LogP) is 3.46. The van der Waals surface area contributed by atoms with Gasteiger partial charge in [0, 0.05) is 26.2 Å². The van der Waals surface area contributed by atoms with Gasteiger partial charge < -0.3 is 9.64 Å². The van der Waals surface area contributed by atoms with Crippen LogP contribution < -0.4 is 9.64 Å². The highest BCUT2D eigenvalue weighted by molar-refractivity contribution is 5.58. The van der Waals surface area contributed by atoms with Crippen LogP contribution in [0.15, 0.2) is 24.3 Å². The van der Waals surface area contributed by atoms with Crippen molar-refractivity contribution in [2.24, 2.45) is 0 Å². The largest absolute Gasteiger partial charge is 0.495 e. The van der Waals surface area contributed by atoms with E-state index in [1.54, 1.807) is 7.11 Å². The van der Waals surface area contributed by atoms with Gasteiger partial charge in [0.1, 0.15) is 5.75 Å². The van der Waals surface area contributed by atoms with Crippen molar-refractivity contribution >= 4 is 5.69 Å². The molecular weight excluding hydrogens is 352 g/mol. The van der Waals surface area contributed by atoms with Crippen LogP contribution in [0.25, 0.3) is 0 Å². The quantitative estimate of drug-likeness (QED) is 0.729. The van der Waals surface area contributed by atoms with Gasteiger partial charge in [0.2, 0.25) is 0 Å². The maximum absolute atomic E-state index is 5.56. The second-order valence-corrected chi connectivity index (χ2v) is 7.92. The first-order chi connectivity index (χ1) is 13.8. The van der Waals surface area contributed by atoms with E-state index in [2.05, 4.69) is 49.1 Å². The van der Waals surface area contributed by atoms with Gasteiger partial charge in [0.25, 0.3) is 0 Å². The molecule has 7 heteroatoms. The number of rotatable bonds is 7. The lowest BCUT2D eigenvalue weighted by Gasteiger charge is -2.40. The van der Waals surface area contributed by atoms with Crippen molar-refractivity contribution < 1.29 is 4.74 Å². The molecule has 0 bridgehead atoms. The number of ether oxygens (including phenoxy) is 1. The van der Waals surface area contributed by atoms with E-state index in [0.29, 0.717) is 12.1 Å². The van der Waals surface area contributed by atoms with Crippen LogP contribution in [0.5, 0.6) is 5.75 Å². The van der Waals surface area contributed by atoms with Crippen molar-refractivity contribution in [2.75, 3.05) is 38.2 Å². The molecule has 1 atom stereocenters. The maximum atomic E-state index is 5.56. The van der Waals surface area contributed by atoms with Gasteiger partial charge in [0.05, 0.1) is 24.9 Å². The highest BCUT2D eigenvalue weighted by Gasteiger charge is 2.31. The summed E-state index contributed by atoms with van der Waals surface area (Å²) in [5.41, 5.74) is 1.19. The second-order valence-electron chi connectivity index (χ2n) is 7.92. The van der Waals surface area contributed by atoms with Crippen LogP contribution in [-0.4, -0.2) is 58.4 Å². The number of tetrazole rings is 1. The van der Waals surface area contributed by atoms with E-state index in [1.165, 1.54) is 31.4 Å². The fourth-order valence-corrected chi connectivity index (χ4v) is 4.74. The summed E-state index contributed by atoms with van der Waals surface area (Å²) in [5, 5.41) is 12.9. The van der Waals surface area contributed by atoms with Crippen molar-refractivity contribution in [3.05, 3.63) is 30.1 Å². The molecule has 0 N–H and O–H groups in total. The van der Waals surface area contributed by atoms with Crippen LogP contribution >= 0.6 is 0 Å². The van der Waals surface area contributed by atoms with E-state index in [4.69, 9.17) is 4.74 Å². The lowest BCUT2D eigenvalue weighted by Crippen LogP contribution is -2.48. The van der Waals surface area contributed by atoms with Gasteiger partial charge in [-0.1, -0.05) is 38.3 Å². The first kappa shape index (κ1) is 19.2. The van der Waals surface area contributed by atoms with Crippen LogP contribution in [0.3, 0.4) is 0 Å². The van der Waals surface area contributed by atoms with E-state index < -0.39 is 0 Å². The third-order valence-corrected chi connectivity index (χ3v) is 6.23. The van der Waals surface area contributed by atoms with E-state index >= 15 is 0 Å². The van der Waals surface area contributed by atoms with Crippen LogP contribution in [0.4, 0.5) is 5.69 Å². The van der Waals surface area contributed by atoms with Crippen LogP contribution in [0.2, 0.25) is 0 Å². The summed E-state index contributed by atoms with van der Waals surface area (Å²) in [6.07, 6.45) is 7.23. The standard InChI is InChI=1S/C21H32N6O/c1-3-8-19(21-22-23-24-27(21)17-9-4-5-10-17)26-15-13-25(14-16-26)18-11-6-7-12-20(18)28-2/h6-7,11-12,17,19H,3-5,8-10,13-16H2,1-2H3/t19-/m0/s1. The summed E-state index contributed by atoms with van der Waals surface area (Å²) in [5.74, 6) is 2.02. The molecule has 28 heavy (non-hydrogen) atoms. The Hall–Kier alpha value is -2.15. The van der Waals surface area contributed by atoms with Crippen LogP contribution in [0, 0.1) is 0 Å². The van der Waals surface area contributed by atoms with Crippen molar-refractivity contribution in [3.8, 4) is 5.75 Å². The summed E-state index contributed by atoms with van der Waals surface area (Å²) in [6.45, 7) is 6.26. The molecule has 2 fully saturated rings. The molecule has 4 rings (SSSR count). The number of aromatic nitrogens is 4. The maximum Gasteiger partial charge on any atom is 0.168 e. The third kappa shape index (κ3) is 3.85. The Balaban J connectivity index is 1.48. The molecule has 2 aliphatic rings. The fraction of sp³-hybridized carbons (Fsp3) is 0.667. The minimum absolute atomic E-state index is 0.306. The number of hydrogen-bond donors (Lipinski definition) is 0. The van der Waals surface area contributed by atoms with Crippen molar-refractivity contribution in [1.82, 2.24) is 25.1 Å². The molecule has 0 amide bonds. The SMILES string of the molecule is CCC[C@@H](c1nnnn1C1CCCC1)N1CCN(c2ccccc2OC)CC1. The minimum atomic E-state index is 0.306. The molecule has 152 valence electrons. The Morgan fingerprint density at radius 1 is 1.11 bits per heavy atom. The Kier molecular flexibility index (Phi) is 6.10. The average Bonchev–Trinajstić information content (AvgIpc) is 3.44. The van der Waals surface area contributed by atoms with E-state index in [-0.39, 0.29) is 0 Å². The number of hydrogen-bond acceptors (Lipinski definition) is 6. The Morgan fingerprint density at radius 3 is 2.57 bits per heavy atom. The Bertz CT molecular complexity index is 749. The van der Waals surface area contributed by atoms with Gasteiger partial charge in [-0.2, -0.15) is 0 Å². The highest BCUT2D eigenvalue weighted by atomic mass is 16.5. The molecule has 2 heterocycles. The van der Waals surface area contributed by atoms with E-state index in [9.17, 15) is 0 Å². The van der Waals surface area contributed by atoms with Gasteiger partial charge in [-0.3, -0.25) is 4.90 Å². The normalized spacial score (nSPS) is 19.9. The summed E-state index contributed by atoms with van der Waals surface area (Å²) in [4.78, 5) is 5.00. The van der Waals surface area contributed by atoms with E-state index in [1.807, 2.05) is 12.1 Å². The van der Waals surface area contributed by atoms with E-state index in [0.717, 1.165) is 50.6 Å². The number of methoxy groups -OCH3 is 1. The first-order valence-electron chi connectivity index (χ1n) is 10.7. The summed E-state index contributed by atoms with van der Waals surface area (Å²) < 4.78 is 7.70. The number of para-hydroxylation sites is 2. The molecule has 0 spiro atoms. The third-order valence-electron chi connectivity index (χ3n) is 6.23. The number of piperazine rings is 1. The molecule has 0 radical (unpaired) electrons. The van der Waals surface area contributed by atoms with Gasteiger partial charge >= 0.3 is 0 Å². The summed E-state index contributed by atoms with van der Waals surface area (Å²) in [6, 6.07) is 9.09. The zero-order valence-electron chi connectivity index (χ0n) is 17.1. The van der Waals surface area contributed by atoms with Crippen molar-refractivity contribution in [3.63, 3.8) is 0 Å². The monoisotopic (exact) mass is 384 g/mol. The van der Waals surface area contributed by atoms with Gasteiger partial charge in [-0.25, -0.2) is 4.68 Å². The average molecular weight is 385 g/mol. The number of anilines is 1. The number of benzene rings is 1. The molecule has 1 aliphatic heterocycles. The predicted molar refractivity (Wildman–Crippen MR) is 110 cm³/mol. The molecular formula is C21H32N6O. The topological polar surface area (TPSA) is 59.3 Å². The summed E-state index contributed by atoms with van der Waals surface area (Å²) >= 11 is 0. The number of nitrogens with zero attached hydrogens (tertiary/aromatic N) is 6. The molecule has 1 saturated carbocycles. The summed E-state index contributed by atoms with van der Waals surface area (Å²) in [7, 11) is 1.75. The molecule has 1 aromatic carbocycles. The lowest BCUT2D eigenvalue weighted by molar-refractivity contribution is 0.161. The molecule has 0 unspecified atom stereocenters.